The van der Waals surface area contributed by atoms with Crippen LogP contribution in [0.4, 0.5) is 11.5 Å². The standard InChI is InChI=1S/C13H11BrN2O2/c14-12-2-1-3-13(16-12)15-9-4-5-10-11(8-9)18-7-6-17-10/h1-5,8H,6-7H2,(H,15,16). The van der Waals surface area contributed by atoms with Crippen molar-refractivity contribution < 1.29 is 9.47 Å². The molecule has 0 unspecified atom stereocenters. The van der Waals surface area contributed by atoms with Gasteiger partial charge in [0.05, 0.1) is 0 Å². The van der Waals surface area contributed by atoms with E-state index in [2.05, 4.69) is 26.2 Å². The van der Waals surface area contributed by atoms with Crippen molar-refractivity contribution in [2.45, 2.75) is 0 Å². The Kier molecular flexibility index (Phi) is 3.06. The van der Waals surface area contributed by atoms with Crippen LogP contribution in [0, 0.1) is 0 Å². The molecular weight excluding hydrogens is 296 g/mol. The molecule has 1 aromatic heterocycles. The van der Waals surface area contributed by atoms with E-state index in [9.17, 15) is 0 Å². The van der Waals surface area contributed by atoms with Crippen LogP contribution in [0.15, 0.2) is 41.0 Å². The molecular formula is C13H11BrN2O2. The van der Waals surface area contributed by atoms with Gasteiger partial charge in [0.2, 0.25) is 0 Å². The lowest BCUT2D eigenvalue weighted by Crippen LogP contribution is -2.15. The number of ether oxygens (including phenoxy) is 2. The first-order chi connectivity index (χ1) is 8.81. The maximum absolute atomic E-state index is 5.53. The summed E-state index contributed by atoms with van der Waals surface area (Å²) in [5.74, 6) is 2.33. The van der Waals surface area contributed by atoms with Gasteiger partial charge in [-0.3, -0.25) is 0 Å². The van der Waals surface area contributed by atoms with E-state index in [1.807, 2.05) is 36.4 Å². The third-order valence-electron chi connectivity index (χ3n) is 2.53. The van der Waals surface area contributed by atoms with Gasteiger partial charge in [0, 0.05) is 11.8 Å². The quantitative estimate of drug-likeness (QED) is 0.864. The Balaban J connectivity index is 1.85. The Bertz CT molecular complexity index is 575. The highest BCUT2D eigenvalue weighted by atomic mass is 79.9. The van der Waals surface area contributed by atoms with Gasteiger partial charge in [0.15, 0.2) is 11.5 Å². The molecule has 18 heavy (non-hydrogen) atoms. The average molecular weight is 307 g/mol. The molecule has 2 heterocycles. The number of aromatic nitrogens is 1. The first-order valence-electron chi connectivity index (χ1n) is 5.60. The maximum Gasteiger partial charge on any atom is 0.163 e. The molecule has 0 saturated carbocycles. The lowest BCUT2D eigenvalue weighted by molar-refractivity contribution is 0.171. The molecule has 1 aromatic carbocycles. The predicted octanol–water partition coefficient (Wildman–Crippen LogP) is 3.36. The smallest absolute Gasteiger partial charge is 0.163 e. The Morgan fingerprint density at radius 1 is 1.06 bits per heavy atom. The average Bonchev–Trinajstić information content (AvgIpc) is 2.39. The molecule has 0 fully saturated rings. The molecule has 0 radical (unpaired) electrons. The van der Waals surface area contributed by atoms with Crippen molar-refractivity contribution in [2.75, 3.05) is 18.5 Å². The number of fused-ring (bicyclic) bond motifs is 1. The summed E-state index contributed by atoms with van der Waals surface area (Å²) in [6.45, 7) is 1.19. The number of hydrogen-bond acceptors (Lipinski definition) is 4. The number of rotatable bonds is 2. The first kappa shape index (κ1) is 11.3. The van der Waals surface area contributed by atoms with Crippen molar-refractivity contribution in [2.24, 2.45) is 0 Å². The minimum absolute atomic E-state index is 0.589. The van der Waals surface area contributed by atoms with Crippen LogP contribution >= 0.6 is 15.9 Å². The van der Waals surface area contributed by atoms with Crippen LogP contribution in [0.5, 0.6) is 11.5 Å². The lowest BCUT2D eigenvalue weighted by atomic mass is 10.2. The molecule has 92 valence electrons. The van der Waals surface area contributed by atoms with Gasteiger partial charge in [-0.25, -0.2) is 4.98 Å². The maximum atomic E-state index is 5.53. The zero-order valence-corrected chi connectivity index (χ0v) is 11.1. The number of benzene rings is 1. The van der Waals surface area contributed by atoms with Gasteiger partial charge >= 0.3 is 0 Å². The first-order valence-corrected chi connectivity index (χ1v) is 6.40. The summed E-state index contributed by atoms with van der Waals surface area (Å²) in [6.07, 6.45) is 0. The van der Waals surface area contributed by atoms with Crippen LogP contribution in [0.1, 0.15) is 0 Å². The number of halogens is 1. The summed E-state index contributed by atoms with van der Waals surface area (Å²) in [5, 5.41) is 3.22. The fraction of sp³-hybridized carbons (Fsp3) is 0.154. The van der Waals surface area contributed by atoms with Gasteiger partial charge in [0.25, 0.3) is 0 Å². The zero-order chi connectivity index (χ0) is 12.4. The molecule has 4 nitrogen and oxygen atoms in total. The molecule has 0 aliphatic carbocycles. The summed E-state index contributed by atoms with van der Waals surface area (Å²) in [4.78, 5) is 4.31. The molecule has 0 spiro atoms. The summed E-state index contributed by atoms with van der Waals surface area (Å²) < 4.78 is 11.8. The minimum atomic E-state index is 0.589. The van der Waals surface area contributed by atoms with Crippen LogP contribution in [-0.2, 0) is 0 Å². The second kappa shape index (κ2) is 4.86. The molecule has 5 heteroatoms. The van der Waals surface area contributed by atoms with Crippen LogP contribution in [0.25, 0.3) is 0 Å². The van der Waals surface area contributed by atoms with Crippen molar-refractivity contribution in [3.8, 4) is 11.5 Å². The highest BCUT2D eigenvalue weighted by Gasteiger charge is 2.11. The molecule has 0 amide bonds. The summed E-state index contributed by atoms with van der Waals surface area (Å²) in [7, 11) is 0. The summed E-state index contributed by atoms with van der Waals surface area (Å²) in [5.41, 5.74) is 0.921. The van der Waals surface area contributed by atoms with Gasteiger partial charge < -0.3 is 14.8 Å². The molecule has 1 aliphatic rings. The van der Waals surface area contributed by atoms with Crippen molar-refractivity contribution in [1.29, 1.82) is 0 Å². The zero-order valence-electron chi connectivity index (χ0n) is 9.52. The second-order valence-corrected chi connectivity index (χ2v) is 4.64. The molecule has 0 saturated heterocycles. The third kappa shape index (κ3) is 2.41. The summed E-state index contributed by atoms with van der Waals surface area (Å²) >= 11 is 3.34. The minimum Gasteiger partial charge on any atom is -0.486 e. The fourth-order valence-electron chi connectivity index (χ4n) is 1.75. The van der Waals surface area contributed by atoms with Gasteiger partial charge in [-0.2, -0.15) is 0 Å². The van der Waals surface area contributed by atoms with Crippen LogP contribution in [-0.4, -0.2) is 18.2 Å². The Morgan fingerprint density at radius 2 is 1.89 bits per heavy atom. The van der Waals surface area contributed by atoms with Crippen molar-refractivity contribution >= 4 is 27.4 Å². The lowest BCUT2D eigenvalue weighted by Gasteiger charge is -2.19. The highest BCUT2D eigenvalue weighted by molar-refractivity contribution is 9.10. The van der Waals surface area contributed by atoms with Crippen LogP contribution in [0.3, 0.4) is 0 Å². The fourth-order valence-corrected chi connectivity index (χ4v) is 2.09. The number of nitrogens with one attached hydrogen (secondary N) is 1. The number of anilines is 2. The van der Waals surface area contributed by atoms with E-state index < -0.39 is 0 Å². The largest absolute Gasteiger partial charge is 0.486 e. The van der Waals surface area contributed by atoms with Crippen molar-refractivity contribution in [3.63, 3.8) is 0 Å². The van der Waals surface area contributed by atoms with E-state index in [0.29, 0.717) is 13.2 Å². The molecule has 3 rings (SSSR count). The Hall–Kier alpha value is -1.75. The van der Waals surface area contributed by atoms with Crippen molar-refractivity contribution in [3.05, 3.63) is 41.0 Å². The number of hydrogen-bond donors (Lipinski definition) is 1. The van der Waals surface area contributed by atoms with E-state index in [4.69, 9.17) is 9.47 Å². The third-order valence-corrected chi connectivity index (χ3v) is 2.97. The van der Waals surface area contributed by atoms with E-state index in [1.165, 1.54) is 0 Å². The van der Waals surface area contributed by atoms with Gasteiger partial charge in [0.1, 0.15) is 23.6 Å². The van der Waals surface area contributed by atoms with Crippen LogP contribution in [0.2, 0.25) is 0 Å². The number of nitrogens with zero attached hydrogens (tertiary/aromatic N) is 1. The molecule has 0 bridgehead atoms. The molecule has 1 aliphatic heterocycles. The van der Waals surface area contributed by atoms with Crippen LogP contribution < -0.4 is 14.8 Å². The van der Waals surface area contributed by atoms with E-state index in [0.717, 1.165) is 27.6 Å². The van der Waals surface area contributed by atoms with Gasteiger partial charge in [-0.05, 0) is 40.2 Å². The molecule has 1 N–H and O–H groups in total. The Morgan fingerprint density at radius 3 is 2.72 bits per heavy atom. The normalized spacial score (nSPS) is 13.2. The predicted molar refractivity (Wildman–Crippen MR) is 72.7 cm³/mol. The molecule has 0 atom stereocenters. The van der Waals surface area contributed by atoms with Crippen molar-refractivity contribution in [1.82, 2.24) is 4.98 Å². The van der Waals surface area contributed by atoms with E-state index in [-0.39, 0.29) is 0 Å². The van der Waals surface area contributed by atoms with Gasteiger partial charge in [-0.1, -0.05) is 6.07 Å². The Labute approximate surface area is 113 Å². The topological polar surface area (TPSA) is 43.4 Å². The molecule has 2 aromatic rings. The van der Waals surface area contributed by atoms with Gasteiger partial charge in [-0.15, -0.1) is 0 Å². The SMILES string of the molecule is Brc1cccc(Nc2ccc3c(c2)OCCO3)n1. The number of pyridine rings is 1. The summed E-state index contributed by atoms with van der Waals surface area (Å²) in [6, 6.07) is 11.5. The monoisotopic (exact) mass is 306 g/mol. The highest BCUT2D eigenvalue weighted by Crippen LogP contribution is 2.33. The van der Waals surface area contributed by atoms with E-state index in [1.54, 1.807) is 0 Å². The van der Waals surface area contributed by atoms with E-state index >= 15 is 0 Å². The second-order valence-electron chi connectivity index (χ2n) is 3.83.